The Labute approximate surface area is 93.6 Å². The van der Waals surface area contributed by atoms with Crippen molar-refractivity contribution in [1.29, 1.82) is 5.26 Å². The number of aromatic nitrogens is 1. The molecule has 0 fully saturated rings. The molecular weight excluding hydrogens is 208 g/mol. The predicted octanol–water partition coefficient (Wildman–Crippen LogP) is 1.07. The zero-order valence-electron chi connectivity index (χ0n) is 9.19. The summed E-state index contributed by atoms with van der Waals surface area (Å²) in [6.07, 6.45) is 2.94. The molecule has 0 aliphatic carbocycles. The van der Waals surface area contributed by atoms with Crippen LogP contribution in [0.5, 0.6) is 5.75 Å². The first-order chi connectivity index (χ1) is 7.72. The van der Waals surface area contributed by atoms with Crippen LogP contribution < -0.4 is 4.74 Å². The summed E-state index contributed by atoms with van der Waals surface area (Å²) in [6.45, 7) is 2.05. The van der Waals surface area contributed by atoms with Gasteiger partial charge in [-0.25, -0.2) is 0 Å². The summed E-state index contributed by atoms with van der Waals surface area (Å²) in [5, 5.41) is 8.96. The van der Waals surface area contributed by atoms with Crippen LogP contribution in [0.2, 0.25) is 0 Å². The third-order valence-corrected chi connectivity index (χ3v) is 1.96. The van der Waals surface area contributed by atoms with Gasteiger partial charge >= 0.3 is 5.97 Å². The van der Waals surface area contributed by atoms with Gasteiger partial charge in [-0.05, 0) is 6.92 Å². The highest BCUT2D eigenvalue weighted by Crippen LogP contribution is 2.20. The van der Waals surface area contributed by atoms with Gasteiger partial charge in [0, 0.05) is 11.8 Å². The number of pyridine rings is 1. The average molecular weight is 220 g/mol. The monoisotopic (exact) mass is 220 g/mol. The van der Waals surface area contributed by atoms with E-state index >= 15 is 0 Å². The highest BCUT2D eigenvalue weighted by Gasteiger charge is 2.13. The Kier molecular flexibility index (Phi) is 4.28. The standard InChI is InChI=1S/C11H12N2O3/c1-3-16-11(14)4-8-6-13-7-10(15-2)9(8)5-12/h6-7H,3-4H2,1-2H3. The molecule has 1 heterocycles. The average Bonchev–Trinajstić information content (AvgIpc) is 2.29. The molecule has 84 valence electrons. The Morgan fingerprint density at radius 2 is 2.31 bits per heavy atom. The van der Waals surface area contributed by atoms with Gasteiger partial charge in [-0.2, -0.15) is 5.26 Å². The topological polar surface area (TPSA) is 72.2 Å². The lowest BCUT2D eigenvalue weighted by Crippen LogP contribution is -2.09. The Bertz CT molecular complexity index is 424. The van der Waals surface area contributed by atoms with Crippen molar-refractivity contribution in [3.63, 3.8) is 0 Å². The largest absolute Gasteiger partial charge is 0.494 e. The Morgan fingerprint density at radius 1 is 1.56 bits per heavy atom. The molecule has 0 aliphatic rings. The summed E-state index contributed by atoms with van der Waals surface area (Å²) in [4.78, 5) is 15.2. The van der Waals surface area contributed by atoms with Gasteiger partial charge in [-0.1, -0.05) is 0 Å². The van der Waals surface area contributed by atoms with E-state index in [1.165, 1.54) is 19.5 Å². The molecular formula is C11H12N2O3. The minimum atomic E-state index is -0.381. The highest BCUT2D eigenvalue weighted by molar-refractivity contribution is 5.73. The summed E-state index contributed by atoms with van der Waals surface area (Å²) < 4.78 is 9.78. The predicted molar refractivity (Wildman–Crippen MR) is 55.8 cm³/mol. The van der Waals surface area contributed by atoms with E-state index in [0.717, 1.165) is 0 Å². The third kappa shape index (κ3) is 2.70. The van der Waals surface area contributed by atoms with E-state index in [4.69, 9.17) is 14.7 Å². The number of ether oxygens (including phenoxy) is 2. The van der Waals surface area contributed by atoms with Crippen molar-refractivity contribution >= 4 is 5.97 Å². The molecule has 0 N–H and O–H groups in total. The number of esters is 1. The van der Waals surface area contributed by atoms with Crippen LogP contribution in [0, 0.1) is 11.3 Å². The van der Waals surface area contributed by atoms with Gasteiger partial charge in [0.25, 0.3) is 0 Å². The first-order valence-electron chi connectivity index (χ1n) is 4.79. The molecule has 5 nitrogen and oxygen atoms in total. The molecule has 0 amide bonds. The number of rotatable bonds is 4. The quantitative estimate of drug-likeness (QED) is 0.709. The lowest BCUT2D eigenvalue weighted by Gasteiger charge is -2.06. The van der Waals surface area contributed by atoms with E-state index < -0.39 is 0 Å². The first kappa shape index (κ1) is 12.0. The van der Waals surface area contributed by atoms with Crippen molar-refractivity contribution in [2.24, 2.45) is 0 Å². The molecule has 0 atom stereocenters. The van der Waals surface area contributed by atoms with E-state index in [1.807, 2.05) is 6.07 Å². The second-order valence-corrected chi connectivity index (χ2v) is 2.97. The van der Waals surface area contributed by atoms with Crippen molar-refractivity contribution in [2.45, 2.75) is 13.3 Å². The normalized spacial score (nSPS) is 9.31. The van der Waals surface area contributed by atoms with E-state index in [1.54, 1.807) is 6.92 Å². The minimum Gasteiger partial charge on any atom is -0.494 e. The van der Waals surface area contributed by atoms with Crippen molar-refractivity contribution in [3.8, 4) is 11.8 Å². The summed E-state index contributed by atoms with van der Waals surface area (Å²) in [7, 11) is 1.45. The van der Waals surface area contributed by atoms with E-state index in [0.29, 0.717) is 23.5 Å². The van der Waals surface area contributed by atoms with Crippen molar-refractivity contribution in [1.82, 2.24) is 4.98 Å². The van der Waals surface area contributed by atoms with Crippen LogP contribution in [0.3, 0.4) is 0 Å². The molecule has 5 heteroatoms. The summed E-state index contributed by atoms with van der Waals surface area (Å²) >= 11 is 0. The van der Waals surface area contributed by atoms with E-state index in [9.17, 15) is 4.79 Å². The number of nitrogens with zero attached hydrogens (tertiary/aromatic N) is 2. The molecule has 0 aliphatic heterocycles. The summed E-state index contributed by atoms with van der Waals surface area (Å²) in [5.41, 5.74) is 0.839. The number of hydrogen-bond acceptors (Lipinski definition) is 5. The fourth-order valence-corrected chi connectivity index (χ4v) is 1.27. The van der Waals surface area contributed by atoms with Gasteiger partial charge in [-0.15, -0.1) is 0 Å². The van der Waals surface area contributed by atoms with Crippen LogP contribution in [0.1, 0.15) is 18.1 Å². The SMILES string of the molecule is CCOC(=O)Cc1cncc(OC)c1C#N. The van der Waals surface area contributed by atoms with Crippen LogP contribution in [0.15, 0.2) is 12.4 Å². The lowest BCUT2D eigenvalue weighted by atomic mass is 10.1. The molecule has 0 aromatic carbocycles. The van der Waals surface area contributed by atoms with Crippen LogP contribution in [0.4, 0.5) is 0 Å². The highest BCUT2D eigenvalue weighted by atomic mass is 16.5. The molecule has 0 unspecified atom stereocenters. The molecule has 1 aromatic heterocycles. The van der Waals surface area contributed by atoms with Gasteiger partial charge in [-0.3, -0.25) is 9.78 Å². The van der Waals surface area contributed by atoms with Crippen LogP contribution >= 0.6 is 0 Å². The molecule has 0 radical (unpaired) electrons. The van der Waals surface area contributed by atoms with Gasteiger partial charge in [0.2, 0.25) is 0 Å². The first-order valence-corrected chi connectivity index (χ1v) is 4.79. The fourth-order valence-electron chi connectivity index (χ4n) is 1.27. The fraction of sp³-hybridized carbons (Fsp3) is 0.364. The molecule has 0 bridgehead atoms. The zero-order valence-corrected chi connectivity index (χ0v) is 9.19. The second-order valence-electron chi connectivity index (χ2n) is 2.97. The van der Waals surface area contributed by atoms with Crippen molar-refractivity contribution in [2.75, 3.05) is 13.7 Å². The van der Waals surface area contributed by atoms with Crippen LogP contribution in [0.25, 0.3) is 0 Å². The van der Waals surface area contributed by atoms with Crippen molar-refractivity contribution in [3.05, 3.63) is 23.5 Å². The van der Waals surface area contributed by atoms with Crippen LogP contribution in [-0.4, -0.2) is 24.7 Å². The smallest absolute Gasteiger partial charge is 0.310 e. The Balaban J connectivity index is 2.96. The minimum absolute atomic E-state index is 0.0287. The van der Waals surface area contributed by atoms with Crippen molar-refractivity contribution < 1.29 is 14.3 Å². The van der Waals surface area contributed by atoms with Gasteiger partial charge in [0.05, 0.1) is 26.3 Å². The lowest BCUT2D eigenvalue weighted by molar-refractivity contribution is -0.142. The third-order valence-electron chi connectivity index (χ3n) is 1.96. The molecule has 0 saturated carbocycles. The maximum Gasteiger partial charge on any atom is 0.310 e. The summed E-state index contributed by atoms with van der Waals surface area (Å²) in [5.74, 6) is -0.0154. The maximum absolute atomic E-state index is 11.3. The summed E-state index contributed by atoms with van der Waals surface area (Å²) in [6, 6.07) is 1.99. The van der Waals surface area contributed by atoms with Crippen LogP contribution in [-0.2, 0) is 16.0 Å². The number of carbonyl (C=O) groups is 1. The number of hydrogen-bond donors (Lipinski definition) is 0. The van der Waals surface area contributed by atoms with E-state index in [-0.39, 0.29) is 12.4 Å². The van der Waals surface area contributed by atoms with Gasteiger partial charge in [0.15, 0.2) is 5.75 Å². The van der Waals surface area contributed by atoms with Gasteiger partial charge in [0.1, 0.15) is 11.6 Å². The zero-order chi connectivity index (χ0) is 12.0. The second kappa shape index (κ2) is 5.71. The number of methoxy groups -OCH3 is 1. The Hall–Kier alpha value is -2.09. The molecule has 0 spiro atoms. The number of carbonyl (C=O) groups excluding carboxylic acids is 1. The number of nitriles is 1. The molecule has 0 saturated heterocycles. The maximum atomic E-state index is 11.3. The van der Waals surface area contributed by atoms with E-state index in [2.05, 4.69) is 4.98 Å². The molecule has 1 aromatic rings. The molecule has 1 rings (SSSR count). The van der Waals surface area contributed by atoms with Gasteiger partial charge < -0.3 is 9.47 Å². The molecule has 16 heavy (non-hydrogen) atoms. The Morgan fingerprint density at radius 3 is 2.88 bits per heavy atom.